The number of aromatic nitrogens is 1. The van der Waals surface area contributed by atoms with Crippen LogP contribution in [0.1, 0.15) is 12.0 Å². The third-order valence-corrected chi connectivity index (χ3v) is 2.27. The Labute approximate surface area is 81.6 Å². The van der Waals surface area contributed by atoms with Gasteiger partial charge in [0.15, 0.2) is 5.78 Å². The van der Waals surface area contributed by atoms with Crippen LogP contribution in [0.4, 0.5) is 5.69 Å². The van der Waals surface area contributed by atoms with Gasteiger partial charge in [0.2, 0.25) is 5.91 Å². The van der Waals surface area contributed by atoms with Gasteiger partial charge in [-0.25, -0.2) is 0 Å². The quantitative estimate of drug-likeness (QED) is 0.612. The lowest BCUT2D eigenvalue weighted by molar-refractivity contribution is -0.121. The number of anilines is 1. The van der Waals surface area contributed by atoms with Gasteiger partial charge in [0.05, 0.1) is 18.7 Å². The SMILES string of the molecule is Cc1cnccc1N1CC(=O)CC1=O. The normalized spacial score (nSPS) is 16.5. The highest BCUT2D eigenvalue weighted by Gasteiger charge is 2.29. The van der Waals surface area contributed by atoms with Crippen LogP contribution in [0.3, 0.4) is 0 Å². The molecule has 0 N–H and O–H groups in total. The van der Waals surface area contributed by atoms with E-state index in [-0.39, 0.29) is 24.7 Å². The van der Waals surface area contributed by atoms with Crippen molar-refractivity contribution >= 4 is 17.4 Å². The number of hydrogen-bond donors (Lipinski definition) is 0. The lowest BCUT2D eigenvalue weighted by atomic mass is 10.2. The molecule has 1 saturated heterocycles. The Kier molecular flexibility index (Phi) is 2.04. The van der Waals surface area contributed by atoms with E-state index in [0.29, 0.717) is 0 Å². The third kappa shape index (κ3) is 1.39. The molecular formula is C10H10N2O2. The van der Waals surface area contributed by atoms with Crippen molar-refractivity contribution in [3.8, 4) is 0 Å². The largest absolute Gasteiger partial charge is 0.304 e. The van der Waals surface area contributed by atoms with Crippen molar-refractivity contribution in [2.75, 3.05) is 11.4 Å². The van der Waals surface area contributed by atoms with E-state index in [1.165, 1.54) is 4.90 Å². The molecule has 1 aliphatic rings. The van der Waals surface area contributed by atoms with Crippen LogP contribution >= 0.6 is 0 Å². The molecule has 14 heavy (non-hydrogen) atoms. The Morgan fingerprint density at radius 1 is 1.43 bits per heavy atom. The second kappa shape index (κ2) is 3.21. The molecule has 0 bridgehead atoms. The summed E-state index contributed by atoms with van der Waals surface area (Å²) in [4.78, 5) is 27.9. The van der Waals surface area contributed by atoms with Crippen molar-refractivity contribution in [1.82, 2.24) is 4.98 Å². The molecule has 1 fully saturated rings. The van der Waals surface area contributed by atoms with Gasteiger partial charge in [0, 0.05) is 12.4 Å². The van der Waals surface area contributed by atoms with Gasteiger partial charge in [0.25, 0.3) is 0 Å². The summed E-state index contributed by atoms with van der Waals surface area (Å²) in [6, 6.07) is 1.76. The van der Waals surface area contributed by atoms with Crippen molar-refractivity contribution < 1.29 is 9.59 Å². The van der Waals surface area contributed by atoms with Gasteiger partial charge in [0.1, 0.15) is 0 Å². The number of hydrogen-bond acceptors (Lipinski definition) is 3. The maximum Gasteiger partial charge on any atom is 0.234 e. The molecule has 1 aromatic heterocycles. The predicted octanol–water partition coefficient (Wildman–Crippen LogP) is 0.696. The summed E-state index contributed by atoms with van der Waals surface area (Å²) in [5, 5.41) is 0. The fourth-order valence-electron chi connectivity index (χ4n) is 1.57. The summed E-state index contributed by atoms with van der Waals surface area (Å²) in [5.74, 6) is -0.143. The fraction of sp³-hybridized carbons (Fsp3) is 0.300. The maximum atomic E-state index is 11.4. The van der Waals surface area contributed by atoms with Crippen LogP contribution in [-0.4, -0.2) is 23.2 Å². The van der Waals surface area contributed by atoms with E-state index in [9.17, 15) is 9.59 Å². The highest BCUT2D eigenvalue weighted by atomic mass is 16.2. The van der Waals surface area contributed by atoms with Crippen LogP contribution < -0.4 is 4.90 Å². The second-order valence-corrected chi connectivity index (χ2v) is 3.36. The van der Waals surface area contributed by atoms with E-state index < -0.39 is 0 Å². The molecule has 2 heterocycles. The summed E-state index contributed by atoms with van der Waals surface area (Å²) in [7, 11) is 0. The molecule has 0 unspecified atom stereocenters. The predicted molar refractivity (Wildman–Crippen MR) is 51.0 cm³/mol. The van der Waals surface area contributed by atoms with Crippen LogP contribution in [0.15, 0.2) is 18.5 Å². The van der Waals surface area contributed by atoms with Gasteiger partial charge in [-0.05, 0) is 18.6 Å². The number of pyridine rings is 1. The average molecular weight is 190 g/mol. The van der Waals surface area contributed by atoms with Gasteiger partial charge >= 0.3 is 0 Å². The number of nitrogens with zero attached hydrogens (tertiary/aromatic N) is 2. The molecule has 0 radical (unpaired) electrons. The Balaban J connectivity index is 2.36. The van der Waals surface area contributed by atoms with Crippen LogP contribution in [-0.2, 0) is 9.59 Å². The molecule has 72 valence electrons. The molecule has 1 aliphatic heterocycles. The van der Waals surface area contributed by atoms with Crippen molar-refractivity contribution in [3.63, 3.8) is 0 Å². The van der Waals surface area contributed by atoms with Crippen molar-refractivity contribution in [2.24, 2.45) is 0 Å². The van der Waals surface area contributed by atoms with Crippen molar-refractivity contribution in [3.05, 3.63) is 24.0 Å². The Morgan fingerprint density at radius 2 is 2.21 bits per heavy atom. The Bertz CT molecular complexity index is 401. The van der Waals surface area contributed by atoms with E-state index in [1.54, 1.807) is 18.5 Å². The van der Waals surface area contributed by atoms with Crippen LogP contribution in [0, 0.1) is 6.92 Å². The summed E-state index contributed by atoms with van der Waals surface area (Å²) < 4.78 is 0. The number of Topliss-reactive ketones (excluding diaryl/α,β-unsaturated/α-hetero) is 1. The molecule has 4 heteroatoms. The van der Waals surface area contributed by atoms with Crippen LogP contribution in [0.2, 0.25) is 0 Å². The molecule has 1 aromatic rings. The van der Waals surface area contributed by atoms with E-state index in [1.807, 2.05) is 6.92 Å². The molecule has 0 aromatic carbocycles. The molecule has 0 saturated carbocycles. The highest BCUT2D eigenvalue weighted by molar-refractivity contribution is 6.15. The molecule has 2 rings (SSSR count). The summed E-state index contributed by atoms with van der Waals surface area (Å²) in [5.41, 5.74) is 1.70. The number of rotatable bonds is 1. The van der Waals surface area contributed by atoms with Gasteiger partial charge in [-0.2, -0.15) is 0 Å². The smallest absolute Gasteiger partial charge is 0.234 e. The average Bonchev–Trinajstić information content (AvgIpc) is 2.46. The molecular weight excluding hydrogens is 180 g/mol. The number of amides is 1. The molecule has 0 aliphatic carbocycles. The van der Waals surface area contributed by atoms with E-state index in [4.69, 9.17) is 0 Å². The summed E-state index contributed by atoms with van der Waals surface area (Å²) >= 11 is 0. The summed E-state index contributed by atoms with van der Waals surface area (Å²) in [6.07, 6.45) is 3.34. The van der Waals surface area contributed by atoms with E-state index in [2.05, 4.69) is 4.98 Å². The second-order valence-electron chi connectivity index (χ2n) is 3.36. The van der Waals surface area contributed by atoms with Crippen LogP contribution in [0.5, 0.6) is 0 Å². The molecule has 1 amide bonds. The van der Waals surface area contributed by atoms with Gasteiger partial charge in [-0.3, -0.25) is 14.6 Å². The Morgan fingerprint density at radius 3 is 2.79 bits per heavy atom. The number of carbonyl (C=O) groups is 2. The minimum atomic E-state index is -0.121. The standard InChI is InChI=1S/C10H10N2O2/c1-7-5-11-3-2-9(7)12-6-8(13)4-10(12)14/h2-3,5H,4,6H2,1H3. The topological polar surface area (TPSA) is 50.3 Å². The number of aryl methyl sites for hydroxylation is 1. The zero-order chi connectivity index (χ0) is 10.1. The maximum absolute atomic E-state index is 11.4. The fourth-order valence-corrected chi connectivity index (χ4v) is 1.57. The molecule has 4 nitrogen and oxygen atoms in total. The molecule has 0 atom stereocenters. The van der Waals surface area contributed by atoms with E-state index in [0.717, 1.165) is 11.3 Å². The van der Waals surface area contributed by atoms with Gasteiger partial charge in [-0.1, -0.05) is 0 Å². The van der Waals surface area contributed by atoms with Crippen LogP contribution in [0.25, 0.3) is 0 Å². The van der Waals surface area contributed by atoms with E-state index >= 15 is 0 Å². The minimum Gasteiger partial charge on any atom is -0.304 e. The zero-order valence-corrected chi connectivity index (χ0v) is 7.86. The zero-order valence-electron chi connectivity index (χ0n) is 7.86. The number of carbonyl (C=O) groups excluding carboxylic acids is 2. The molecule has 0 spiro atoms. The van der Waals surface area contributed by atoms with Gasteiger partial charge in [-0.15, -0.1) is 0 Å². The summed E-state index contributed by atoms with van der Waals surface area (Å²) in [6.45, 7) is 2.07. The first-order chi connectivity index (χ1) is 6.68. The third-order valence-electron chi connectivity index (χ3n) is 2.27. The first-order valence-corrected chi connectivity index (χ1v) is 4.41. The minimum absolute atomic E-state index is 0.0220. The Hall–Kier alpha value is -1.71. The number of ketones is 1. The lowest BCUT2D eigenvalue weighted by Crippen LogP contribution is -2.25. The van der Waals surface area contributed by atoms with Gasteiger partial charge < -0.3 is 4.90 Å². The highest BCUT2D eigenvalue weighted by Crippen LogP contribution is 2.22. The first kappa shape index (κ1) is 8.87. The lowest BCUT2D eigenvalue weighted by Gasteiger charge is -2.16. The monoisotopic (exact) mass is 190 g/mol. The first-order valence-electron chi connectivity index (χ1n) is 4.41. The van der Waals surface area contributed by atoms with Crippen molar-refractivity contribution in [1.29, 1.82) is 0 Å². The van der Waals surface area contributed by atoms with Crippen molar-refractivity contribution in [2.45, 2.75) is 13.3 Å².